The number of benzene rings is 2. The van der Waals surface area contributed by atoms with Crippen molar-refractivity contribution in [3.05, 3.63) is 83.9 Å². The Labute approximate surface area is 351 Å². The predicted molar refractivity (Wildman–Crippen MR) is 223 cm³/mol. The third-order valence-electron chi connectivity index (χ3n) is 10.2. The summed E-state index contributed by atoms with van der Waals surface area (Å²) in [5.41, 5.74) is 1.61. The van der Waals surface area contributed by atoms with Gasteiger partial charge in [-0.1, -0.05) is 6.07 Å². The van der Waals surface area contributed by atoms with Gasteiger partial charge in [0, 0.05) is 74.1 Å². The van der Waals surface area contributed by atoms with Crippen molar-refractivity contribution in [1.82, 2.24) is 30.4 Å². The summed E-state index contributed by atoms with van der Waals surface area (Å²) in [6.45, 7) is 9.08. The van der Waals surface area contributed by atoms with Crippen LogP contribution in [0.5, 0.6) is 11.5 Å². The van der Waals surface area contributed by atoms with Gasteiger partial charge >= 0.3 is 12.1 Å². The Balaban J connectivity index is 1.04. The molecule has 2 aliphatic rings. The Bertz CT molecular complexity index is 2010. The number of esters is 1. The van der Waals surface area contributed by atoms with Crippen LogP contribution in [0.25, 0.3) is 11.4 Å². The lowest BCUT2D eigenvalue weighted by atomic mass is 9.86. The molecule has 0 radical (unpaired) electrons. The first-order valence-electron chi connectivity index (χ1n) is 20.6. The van der Waals surface area contributed by atoms with Crippen molar-refractivity contribution < 1.29 is 42.8 Å². The Hall–Kier alpha value is -5.74. The Morgan fingerprint density at radius 2 is 1.68 bits per heavy atom. The molecular formula is C44H57N7O9. The molecule has 16 nitrogen and oxygen atoms in total. The number of rotatable bonds is 19. The number of hydrogen-bond acceptors (Lipinski definition) is 13. The second-order valence-corrected chi connectivity index (χ2v) is 15.9. The van der Waals surface area contributed by atoms with Gasteiger partial charge in [-0.05, 0) is 108 Å². The van der Waals surface area contributed by atoms with Crippen molar-refractivity contribution in [2.45, 2.75) is 82.9 Å². The standard InChI is InChI=1S/C44H57N7O9/c1-43(2,3)60-42(54)51-21-17-44(18-22-51,41-47-39(49-50-41)31-14-19-45-20-15-31)48-33-11-8-10-32(28-33)40(53)46-36-16-27-59-37-13-12-34(29-35(36)37)58-26-7-5-6-23-56-24-9-25-57-30-38(52)55-4/h8,10-15,19-20,28-29,36,48H,5-7,9,16-18,21-27,30H2,1-4H3,(H,46,53)(H,47,49,50)/t36-/m1/s1. The number of hydrogen-bond donors (Lipinski definition) is 3. The molecular weight excluding hydrogens is 771 g/mol. The summed E-state index contributed by atoms with van der Waals surface area (Å²) >= 11 is 0. The number of carbonyl (C=O) groups is 3. The zero-order valence-electron chi connectivity index (χ0n) is 35.0. The monoisotopic (exact) mass is 827 g/mol. The minimum atomic E-state index is -0.722. The third-order valence-corrected chi connectivity index (χ3v) is 10.2. The molecule has 0 unspecified atom stereocenters. The number of carbonyl (C=O) groups excluding carboxylic acids is 3. The maximum Gasteiger partial charge on any atom is 0.410 e. The normalized spacial score (nSPS) is 15.9. The third kappa shape index (κ3) is 12.4. The van der Waals surface area contributed by atoms with E-state index in [9.17, 15) is 14.4 Å². The highest BCUT2D eigenvalue weighted by atomic mass is 16.6. The van der Waals surface area contributed by atoms with E-state index in [-0.39, 0.29) is 30.6 Å². The zero-order chi connectivity index (χ0) is 42.4. The molecule has 60 heavy (non-hydrogen) atoms. The van der Waals surface area contributed by atoms with Crippen LogP contribution in [-0.4, -0.2) is 108 Å². The van der Waals surface area contributed by atoms with E-state index in [4.69, 9.17) is 23.7 Å². The van der Waals surface area contributed by atoms with Crippen LogP contribution in [0.15, 0.2) is 67.0 Å². The molecule has 4 heterocycles. The van der Waals surface area contributed by atoms with Crippen LogP contribution in [0, 0.1) is 0 Å². The van der Waals surface area contributed by atoms with Crippen molar-refractivity contribution >= 4 is 23.7 Å². The Morgan fingerprint density at radius 1 is 0.917 bits per heavy atom. The number of anilines is 1. The second-order valence-electron chi connectivity index (χ2n) is 15.9. The van der Waals surface area contributed by atoms with Crippen molar-refractivity contribution in [3.63, 3.8) is 0 Å². The van der Waals surface area contributed by atoms with Crippen molar-refractivity contribution in [1.29, 1.82) is 0 Å². The number of aromatic amines is 1. The first-order chi connectivity index (χ1) is 29.0. The number of fused-ring (bicyclic) bond motifs is 1. The van der Waals surface area contributed by atoms with Crippen LogP contribution in [0.1, 0.15) is 93.5 Å². The van der Waals surface area contributed by atoms with Crippen molar-refractivity contribution in [3.8, 4) is 22.9 Å². The van der Waals surface area contributed by atoms with Crippen LogP contribution < -0.4 is 20.1 Å². The van der Waals surface area contributed by atoms with E-state index in [0.717, 1.165) is 47.6 Å². The molecule has 2 amide bonds. The van der Waals surface area contributed by atoms with E-state index in [1.165, 1.54) is 7.11 Å². The number of unbranched alkanes of at least 4 members (excludes halogenated alkanes) is 2. The van der Waals surface area contributed by atoms with Crippen molar-refractivity contribution in [2.24, 2.45) is 0 Å². The van der Waals surface area contributed by atoms with Crippen LogP contribution in [0.4, 0.5) is 10.5 Å². The fourth-order valence-electron chi connectivity index (χ4n) is 7.06. The number of methoxy groups -OCH3 is 1. The van der Waals surface area contributed by atoms with Gasteiger partial charge in [-0.25, -0.2) is 9.59 Å². The van der Waals surface area contributed by atoms with E-state index >= 15 is 0 Å². The molecule has 1 fully saturated rings. The minimum absolute atomic E-state index is 0.0410. The molecule has 0 saturated carbocycles. The van der Waals surface area contributed by atoms with E-state index in [1.807, 2.05) is 69.3 Å². The number of nitrogens with zero attached hydrogens (tertiary/aromatic N) is 4. The van der Waals surface area contributed by atoms with Gasteiger partial charge in [-0.15, -0.1) is 10.2 Å². The zero-order valence-corrected chi connectivity index (χ0v) is 35.0. The maximum atomic E-state index is 13.9. The number of ether oxygens (including phenoxy) is 6. The SMILES string of the molecule is COC(=O)COCCCOCCCCCOc1ccc2c(c1)[C@H](NC(=O)c1cccc(NC3(c4nnc(-c5ccncc5)[nH]4)CCN(C(=O)OC(C)(C)C)CC3)c1)CCO2. The summed E-state index contributed by atoms with van der Waals surface area (Å²) in [6.07, 6.45) is 8.15. The summed E-state index contributed by atoms with van der Waals surface area (Å²) < 4.78 is 33.1. The lowest BCUT2D eigenvalue weighted by Gasteiger charge is -2.41. The number of pyridine rings is 1. The summed E-state index contributed by atoms with van der Waals surface area (Å²) in [7, 11) is 1.33. The maximum absolute atomic E-state index is 13.9. The van der Waals surface area contributed by atoms with Gasteiger partial charge in [0.25, 0.3) is 5.91 Å². The first-order valence-corrected chi connectivity index (χ1v) is 20.6. The number of piperidine rings is 1. The van der Waals surface area contributed by atoms with E-state index in [0.29, 0.717) is 89.0 Å². The number of aromatic nitrogens is 4. The van der Waals surface area contributed by atoms with Crippen LogP contribution in [0.3, 0.4) is 0 Å². The smallest absolute Gasteiger partial charge is 0.410 e. The van der Waals surface area contributed by atoms with E-state index in [2.05, 4.69) is 35.5 Å². The topological polar surface area (TPSA) is 188 Å². The van der Waals surface area contributed by atoms with Crippen LogP contribution >= 0.6 is 0 Å². The average molecular weight is 828 g/mol. The minimum Gasteiger partial charge on any atom is -0.494 e. The summed E-state index contributed by atoms with van der Waals surface area (Å²) in [5, 5.41) is 16.0. The van der Waals surface area contributed by atoms with Crippen LogP contribution in [-0.2, 0) is 29.3 Å². The molecule has 0 bridgehead atoms. The van der Waals surface area contributed by atoms with Crippen LogP contribution in [0.2, 0.25) is 0 Å². The highest BCUT2D eigenvalue weighted by molar-refractivity contribution is 5.95. The van der Waals surface area contributed by atoms with Gasteiger partial charge in [0.2, 0.25) is 0 Å². The van der Waals surface area contributed by atoms with Gasteiger partial charge in [-0.2, -0.15) is 0 Å². The predicted octanol–water partition coefficient (Wildman–Crippen LogP) is 6.60. The lowest BCUT2D eigenvalue weighted by molar-refractivity contribution is -0.146. The molecule has 2 aliphatic heterocycles. The molecule has 2 aromatic heterocycles. The fraction of sp³-hybridized carbons (Fsp3) is 0.500. The largest absolute Gasteiger partial charge is 0.494 e. The molecule has 16 heteroatoms. The van der Waals surface area contributed by atoms with Gasteiger partial charge in [0.05, 0.1) is 26.4 Å². The number of H-pyrrole nitrogens is 1. The number of likely N-dealkylation sites (tertiary alicyclic amines) is 1. The molecule has 0 spiro atoms. The number of nitrogens with one attached hydrogen (secondary N) is 3. The second kappa shape index (κ2) is 21.0. The average Bonchev–Trinajstić information content (AvgIpc) is 3.76. The molecule has 322 valence electrons. The highest BCUT2D eigenvalue weighted by Gasteiger charge is 2.41. The Morgan fingerprint density at radius 3 is 2.47 bits per heavy atom. The van der Waals surface area contributed by atoms with Gasteiger partial charge < -0.3 is 48.9 Å². The molecule has 1 saturated heterocycles. The molecule has 6 rings (SSSR count). The molecule has 4 aromatic rings. The Kier molecular flexibility index (Phi) is 15.3. The summed E-state index contributed by atoms with van der Waals surface area (Å²) in [6, 6.07) is 16.6. The van der Waals surface area contributed by atoms with E-state index in [1.54, 1.807) is 23.4 Å². The van der Waals surface area contributed by atoms with Gasteiger partial charge in [0.1, 0.15) is 29.2 Å². The highest BCUT2D eigenvalue weighted by Crippen LogP contribution is 2.38. The molecule has 1 atom stereocenters. The molecule has 2 aromatic carbocycles. The first kappa shape index (κ1) is 43.8. The van der Waals surface area contributed by atoms with E-state index < -0.39 is 11.1 Å². The fourth-order valence-corrected chi connectivity index (χ4v) is 7.06. The quantitative estimate of drug-likeness (QED) is 0.0678. The molecule has 0 aliphatic carbocycles. The van der Waals surface area contributed by atoms with Crippen molar-refractivity contribution in [2.75, 3.05) is 65.2 Å². The summed E-state index contributed by atoms with van der Waals surface area (Å²) in [4.78, 5) is 47.2. The summed E-state index contributed by atoms with van der Waals surface area (Å²) in [5.74, 6) is 2.08. The molecule has 3 N–H and O–H groups in total. The lowest BCUT2D eigenvalue weighted by Crippen LogP contribution is -2.50. The van der Waals surface area contributed by atoms with Gasteiger partial charge in [0.15, 0.2) is 11.6 Å². The van der Waals surface area contributed by atoms with Gasteiger partial charge in [-0.3, -0.25) is 9.78 Å². The number of amides is 2.